The fourth-order valence-corrected chi connectivity index (χ4v) is 4.26. The van der Waals surface area contributed by atoms with Crippen LogP contribution in [0.4, 0.5) is 5.69 Å². The highest BCUT2D eigenvalue weighted by Gasteiger charge is 2.56. The molecule has 2 aliphatic heterocycles. The number of fused-ring (bicyclic) bond motifs is 1. The van der Waals surface area contributed by atoms with Crippen molar-refractivity contribution in [2.75, 3.05) is 13.4 Å². The molecule has 1 amide bonds. The zero-order valence-electron chi connectivity index (χ0n) is 15.4. The number of nitrogens with zero attached hydrogens (tertiary/aromatic N) is 2. The van der Waals surface area contributed by atoms with E-state index < -0.39 is 10.9 Å². The lowest BCUT2D eigenvalue weighted by atomic mass is 9.92. The van der Waals surface area contributed by atoms with Crippen molar-refractivity contribution in [1.82, 2.24) is 4.90 Å². The van der Waals surface area contributed by atoms with Gasteiger partial charge in [0.05, 0.1) is 16.9 Å². The van der Waals surface area contributed by atoms with Crippen molar-refractivity contribution < 1.29 is 28.7 Å². The summed E-state index contributed by atoms with van der Waals surface area (Å²) in [6, 6.07) is 5.73. The fraction of sp³-hybridized carbons (Fsp3) is 0.444. The Morgan fingerprint density at radius 3 is 2.71 bits per heavy atom. The third-order valence-corrected chi connectivity index (χ3v) is 5.66. The minimum absolute atomic E-state index is 0.0364. The first-order chi connectivity index (χ1) is 13.4. The molecule has 2 aliphatic rings. The van der Waals surface area contributed by atoms with Gasteiger partial charge in [-0.25, -0.2) is 4.79 Å². The first-order valence-electron chi connectivity index (χ1n) is 8.72. The number of ether oxygens (including phenoxy) is 3. The van der Waals surface area contributed by atoms with E-state index >= 15 is 0 Å². The number of benzene rings is 1. The van der Waals surface area contributed by atoms with Crippen molar-refractivity contribution in [1.29, 1.82) is 0 Å². The molecule has 1 aromatic carbocycles. The number of thioether (sulfide) groups is 1. The summed E-state index contributed by atoms with van der Waals surface area (Å²) < 4.78 is 15.9. The van der Waals surface area contributed by atoms with Gasteiger partial charge in [-0.15, -0.1) is 11.8 Å². The SMILES string of the molecule is CCOCO[C@H](C)[C@H]1C(=O)N2C(C(=O)OCc3ccc([N+](=O)[O-])cc3)=CS[C@@H]12. The molecule has 3 rings (SSSR count). The standard InChI is InChI=1S/C18H20N2O7S/c1-3-25-10-27-11(2)15-16(21)19-14(9-28-17(15)19)18(22)26-8-12-4-6-13(7-5-12)20(23)24/h4-7,9,11,15,17H,3,8,10H2,1-2H3/t11-,15+,17+/m1/s1. The van der Waals surface area contributed by atoms with Crippen LogP contribution in [0.1, 0.15) is 19.4 Å². The van der Waals surface area contributed by atoms with Crippen LogP contribution in [0.2, 0.25) is 0 Å². The van der Waals surface area contributed by atoms with Gasteiger partial charge in [0, 0.05) is 24.1 Å². The summed E-state index contributed by atoms with van der Waals surface area (Å²) >= 11 is 1.38. The predicted molar refractivity (Wildman–Crippen MR) is 99.7 cm³/mol. The molecule has 2 heterocycles. The van der Waals surface area contributed by atoms with Gasteiger partial charge in [0.2, 0.25) is 5.91 Å². The summed E-state index contributed by atoms with van der Waals surface area (Å²) in [6.45, 7) is 4.28. The van der Waals surface area contributed by atoms with Gasteiger partial charge in [-0.05, 0) is 31.5 Å². The molecule has 1 fully saturated rings. The van der Waals surface area contributed by atoms with Gasteiger partial charge in [-0.1, -0.05) is 0 Å². The monoisotopic (exact) mass is 408 g/mol. The Balaban J connectivity index is 1.52. The Bertz CT molecular complexity index is 796. The van der Waals surface area contributed by atoms with Gasteiger partial charge >= 0.3 is 5.97 Å². The molecule has 10 heteroatoms. The largest absolute Gasteiger partial charge is 0.456 e. The smallest absolute Gasteiger partial charge is 0.355 e. The van der Waals surface area contributed by atoms with Gasteiger partial charge < -0.3 is 14.2 Å². The summed E-state index contributed by atoms with van der Waals surface area (Å²) in [6.07, 6.45) is -0.323. The molecule has 0 aromatic heterocycles. The van der Waals surface area contributed by atoms with E-state index in [-0.39, 0.29) is 48.1 Å². The zero-order chi connectivity index (χ0) is 20.3. The van der Waals surface area contributed by atoms with Crippen LogP contribution < -0.4 is 0 Å². The third-order valence-electron chi connectivity index (χ3n) is 4.51. The Hall–Kier alpha value is -2.43. The van der Waals surface area contributed by atoms with Gasteiger partial charge in [0.15, 0.2) is 0 Å². The number of carbonyl (C=O) groups excluding carboxylic acids is 2. The summed E-state index contributed by atoms with van der Waals surface area (Å²) in [5, 5.41) is 12.1. The van der Waals surface area contributed by atoms with E-state index in [9.17, 15) is 19.7 Å². The van der Waals surface area contributed by atoms with Crippen LogP contribution in [0, 0.1) is 16.0 Å². The van der Waals surface area contributed by atoms with Gasteiger partial charge in [-0.3, -0.25) is 19.8 Å². The first-order valence-corrected chi connectivity index (χ1v) is 9.66. The topological polar surface area (TPSA) is 108 Å². The van der Waals surface area contributed by atoms with E-state index in [2.05, 4.69) is 0 Å². The number of rotatable bonds is 9. The van der Waals surface area contributed by atoms with Crippen molar-refractivity contribution >= 4 is 29.3 Å². The van der Waals surface area contributed by atoms with E-state index in [4.69, 9.17) is 14.2 Å². The van der Waals surface area contributed by atoms with Gasteiger partial charge in [-0.2, -0.15) is 0 Å². The van der Waals surface area contributed by atoms with Crippen molar-refractivity contribution in [3.63, 3.8) is 0 Å². The van der Waals surface area contributed by atoms with Crippen LogP contribution in [-0.2, 0) is 30.4 Å². The fourth-order valence-electron chi connectivity index (χ4n) is 2.94. The van der Waals surface area contributed by atoms with Crippen LogP contribution in [-0.4, -0.2) is 46.6 Å². The normalized spacial score (nSPS) is 21.6. The Morgan fingerprint density at radius 2 is 2.07 bits per heavy atom. The molecule has 1 saturated heterocycles. The van der Waals surface area contributed by atoms with Crippen molar-refractivity contribution in [2.24, 2.45) is 5.92 Å². The van der Waals surface area contributed by atoms with Crippen LogP contribution in [0.25, 0.3) is 0 Å². The van der Waals surface area contributed by atoms with Crippen LogP contribution in [0.15, 0.2) is 35.4 Å². The minimum atomic E-state index is -0.608. The molecule has 9 nitrogen and oxygen atoms in total. The number of amides is 1. The Labute approximate surface area is 165 Å². The molecule has 1 aromatic rings. The molecule has 0 radical (unpaired) electrons. The quantitative estimate of drug-likeness (QED) is 0.153. The summed E-state index contributed by atoms with van der Waals surface area (Å²) in [4.78, 5) is 36.4. The second-order valence-corrected chi connectivity index (χ2v) is 7.24. The van der Waals surface area contributed by atoms with Gasteiger partial charge in [0.25, 0.3) is 5.69 Å². The number of hydrogen-bond donors (Lipinski definition) is 0. The lowest BCUT2D eigenvalue weighted by Gasteiger charge is -2.44. The zero-order valence-corrected chi connectivity index (χ0v) is 16.2. The van der Waals surface area contributed by atoms with E-state index in [1.54, 1.807) is 5.41 Å². The maximum Gasteiger partial charge on any atom is 0.355 e. The maximum atomic E-state index is 12.5. The van der Waals surface area contributed by atoms with E-state index in [0.29, 0.717) is 12.2 Å². The number of hydrogen-bond acceptors (Lipinski definition) is 8. The molecule has 0 unspecified atom stereocenters. The molecule has 3 atom stereocenters. The van der Waals surface area contributed by atoms with Crippen LogP contribution >= 0.6 is 11.8 Å². The molecular formula is C18H20N2O7S. The van der Waals surface area contributed by atoms with Crippen LogP contribution in [0.5, 0.6) is 0 Å². The number of non-ortho nitro benzene ring substituents is 1. The molecule has 0 bridgehead atoms. The third kappa shape index (κ3) is 4.03. The summed E-state index contributed by atoms with van der Waals surface area (Å²) in [5.74, 6) is -1.14. The lowest BCUT2D eigenvalue weighted by molar-refractivity contribution is -0.384. The van der Waals surface area contributed by atoms with E-state index in [1.807, 2.05) is 13.8 Å². The first kappa shape index (κ1) is 20.3. The highest BCUT2D eigenvalue weighted by Crippen LogP contribution is 2.46. The average Bonchev–Trinajstić information content (AvgIpc) is 3.06. The highest BCUT2D eigenvalue weighted by molar-refractivity contribution is 8.03. The Morgan fingerprint density at radius 1 is 1.36 bits per heavy atom. The average molecular weight is 408 g/mol. The summed E-state index contributed by atoms with van der Waals surface area (Å²) in [5.41, 5.74) is 0.786. The molecule has 0 spiro atoms. The predicted octanol–water partition coefficient (Wildman–Crippen LogP) is 2.41. The second-order valence-electron chi connectivity index (χ2n) is 6.25. The molecule has 0 saturated carbocycles. The second kappa shape index (κ2) is 8.72. The molecule has 150 valence electrons. The number of β-lactam (4-membered cyclic amide) rings is 1. The molecule has 0 N–H and O–H groups in total. The Kier molecular flexibility index (Phi) is 6.32. The van der Waals surface area contributed by atoms with Crippen molar-refractivity contribution in [3.8, 4) is 0 Å². The maximum absolute atomic E-state index is 12.5. The van der Waals surface area contributed by atoms with E-state index in [1.165, 1.54) is 40.9 Å². The summed E-state index contributed by atoms with van der Waals surface area (Å²) in [7, 11) is 0. The van der Waals surface area contributed by atoms with Gasteiger partial charge in [0.1, 0.15) is 24.5 Å². The number of nitro groups is 1. The minimum Gasteiger partial charge on any atom is -0.456 e. The molecule has 28 heavy (non-hydrogen) atoms. The van der Waals surface area contributed by atoms with Crippen LogP contribution in [0.3, 0.4) is 0 Å². The van der Waals surface area contributed by atoms with Crippen molar-refractivity contribution in [2.45, 2.75) is 31.9 Å². The molecule has 0 aliphatic carbocycles. The molecular weight excluding hydrogens is 388 g/mol. The van der Waals surface area contributed by atoms with Crippen molar-refractivity contribution in [3.05, 3.63) is 51.0 Å². The van der Waals surface area contributed by atoms with E-state index in [0.717, 1.165) is 0 Å². The number of nitro benzene ring substituents is 1. The number of esters is 1. The number of carbonyl (C=O) groups is 2. The lowest BCUT2D eigenvalue weighted by Crippen LogP contribution is -2.61. The highest BCUT2D eigenvalue weighted by atomic mass is 32.2.